The highest BCUT2D eigenvalue weighted by Crippen LogP contribution is 2.15. The van der Waals surface area contributed by atoms with Gasteiger partial charge >= 0.3 is 0 Å². The van der Waals surface area contributed by atoms with E-state index in [4.69, 9.17) is 9.84 Å². The summed E-state index contributed by atoms with van der Waals surface area (Å²) in [6, 6.07) is 7.78. The van der Waals surface area contributed by atoms with Crippen LogP contribution in [-0.4, -0.2) is 28.3 Å². The van der Waals surface area contributed by atoms with Crippen molar-refractivity contribution in [2.24, 2.45) is 0 Å². The van der Waals surface area contributed by atoms with Gasteiger partial charge in [-0.2, -0.15) is 0 Å². The third-order valence-corrected chi connectivity index (χ3v) is 2.74. The number of rotatable bonds is 6. The van der Waals surface area contributed by atoms with Gasteiger partial charge in [-0.15, -0.1) is 0 Å². The molecule has 0 aliphatic rings. The number of hydrogen-bond acceptors (Lipinski definition) is 5. The zero-order valence-corrected chi connectivity index (χ0v) is 11.8. The molecule has 1 aromatic carbocycles. The predicted octanol–water partition coefficient (Wildman–Crippen LogP) is 2.49. The van der Waals surface area contributed by atoms with Gasteiger partial charge in [0.15, 0.2) is 0 Å². The topological polar surface area (TPSA) is 67.3 Å². The molecule has 0 atom stereocenters. The third kappa shape index (κ3) is 4.59. The molecule has 0 amide bonds. The van der Waals surface area contributed by atoms with Crippen molar-refractivity contribution in [1.82, 2.24) is 9.97 Å². The zero-order chi connectivity index (χ0) is 13.5. The van der Waals surface area contributed by atoms with Crippen LogP contribution < -0.4 is 5.32 Å². The molecule has 0 aliphatic carbocycles. The average Bonchev–Trinajstić information content (AvgIpc) is 2.44. The van der Waals surface area contributed by atoms with Gasteiger partial charge in [0, 0.05) is 18.1 Å². The Kier molecular flexibility index (Phi) is 5.26. The molecular weight excluding hydrogens is 310 g/mol. The average molecular weight is 324 g/mol. The Labute approximate surface area is 119 Å². The fourth-order valence-electron chi connectivity index (χ4n) is 1.44. The van der Waals surface area contributed by atoms with E-state index in [1.165, 1.54) is 0 Å². The lowest BCUT2D eigenvalue weighted by molar-refractivity contribution is 0.0815. The van der Waals surface area contributed by atoms with Crippen LogP contribution >= 0.6 is 15.9 Å². The molecule has 0 spiro atoms. The number of nitrogens with zero attached hydrogens (tertiary/aromatic N) is 2. The van der Waals surface area contributed by atoms with E-state index in [0.717, 1.165) is 15.7 Å². The highest BCUT2D eigenvalue weighted by Gasteiger charge is 1.98. The highest BCUT2D eigenvalue weighted by molar-refractivity contribution is 9.10. The van der Waals surface area contributed by atoms with Crippen LogP contribution in [0.2, 0.25) is 0 Å². The molecular formula is C13H14BrN3O2. The number of aromatic nitrogens is 2. The molecule has 5 nitrogen and oxygen atoms in total. The fourth-order valence-corrected chi connectivity index (χ4v) is 1.65. The second kappa shape index (κ2) is 7.18. The number of halogens is 1. The first-order valence-corrected chi connectivity index (χ1v) is 6.59. The van der Waals surface area contributed by atoms with E-state index in [1.807, 2.05) is 24.3 Å². The molecule has 1 aromatic heterocycles. The minimum absolute atomic E-state index is 0.0422. The van der Waals surface area contributed by atoms with E-state index >= 15 is 0 Å². The van der Waals surface area contributed by atoms with E-state index in [1.54, 1.807) is 12.4 Å². The van der Waals surface area contributed by atoms with Crippen molar-refractivity contribution in [3.63, 3.8) is 0 Å². The molecule has 1 heterocycles. The maximum absolute atomic E-state index is 8.62. The maximum Gasteiger partial charge on any atom is 0.227 e. The Balaban J connectivity index is 1.92. The summed E-state index contributed by atoms with van der Waals surface area (Å²) in [5.41, 5.74) is 1.96. The summed E-state index contributed by atoms with van der Waals surface area (Å²) in [5, 5.41) is 11.7. The largest absolute Gasteiger partial charge is 0.394 e. The molecule has 0 radical (unpaired) electrons. The number of hydrogen-bond donors (Lipinski definition) is 2. The summed E-state index contributed by atoms with van der Waals surface area (Å²) >= 11 is 3.29. The quantitative estimate of drug-likeness (QED) is 0.799. The Bertz CT molecular complexity index is 502. The molecule has 0 saturated heterocycles. The molecule has 0 bridgehead atoms. The van der Waals surface area contributed by atoms with Crippen LogP contribution in [0.5, 0.6) is 0 Å². The second-order valence-electron chi connectivity index (χ2n) is 3.82. The van der Waals surface area contributed by atoms with Gasteiger partial charge in [-0.1, -0.05) is 12.1 Å². The van der Waals surface area contributed by atoms with Crippen molar-refractivity contribution in [2.75, 3.05) is 18.5 Å². The second-order valence-corrected chi connectivity index (χ2v) is 4.74. The van der Waals surface area contributed by atoms with Crippen LogP contribution in [0.3, 0.4) is 0 Å². The minimum Gasteiger partial charge on any atom is -0.394 e. The molecule has 0 saturated carbocycles. The molecule has 0 unspecified atom stereocenters. The third-order valence-electron chi connectivity index (χ3n) is 2.33. The predicted molar refractivity (Wildman–Crippen MR) is 76.2 cm³/mol. The van der Waals surface area contributed by atoms with Crippen LogP contribution in [0, 0.1) is 0 Å². The van der Waals surface area contributed by atoms with Crippen molar-refractivity contribution < 1.29 is 9.84 Å². The lowest BCUT2D eigenvalue weighted by Crippen LogP contribution is -2.00. The number of anilines is 2. The smallest absolute Gasteiger partial charge is 0.227 e. The van der Waals surface area contributed by atoms with Crippen LogP contribution in [0.25, 0.3) is 0 Å². The van der Waals surface area contributed by atoms with Crippen LogP contribution in [0.4, 0.5) is 11.6 Å². The first-order valence-electron chi connectivity index (χ1n) is 5.80. The van der Waals surface area contributed by atoms with E-state index in [0.29, 0.717) is 19.2 Å². The normalized spacial score (nSPS) is 10.4. The number of aliphatic hydroxyl groups excluding tert-OH is 1. The number of aliphatic hydroxyl groups is 1. The summed E-state index contributed by atoms with van der Waals surface area (Å²) in [6.45, 7) is 0.892. The van der Waals surface area contributed by atoms with Gasteiger partial charge in [0.2, 0.25) is 5.95 Å². The van der Waals surface area contributed by atoms with Gasteiger partial charge in [0.1, 0.15) is 0 Å². The molecule has 2 rings (SSSR count). The molecule has 6 heteroatoms. The monoisotopic (exact) mass is 323 g/mol. The first kappa shape index (κ1) is 13.9. The summed E-state index contributed by atoms with van der Waals surface area (Å²) < 4.78 is 6.08. The summed E-state index contributed by atoms with van der Waals surface area (Å²) in [4.78, 5) is 8.27. The highest BCUT2D eigenvalue weighted by atomic mass is 79.9. The molecule has 2 N–H and O–H groups in total. The molecule has 19 heavy (non-hydrogen) atoms. The summed E-state index contributed by atoms with van der Waals surface area (Å²) in [5.74, 6) is 0.549. The van der Waals surface area contributed by atoms with Crippen LogP contribution in [0.15, 0.2) is 41.1 Å². The first-order chi connectivity index (χ1) is 9.28. The van der Waals surface area contributed by atoms with E-state index in [9.17, 15) is 0 Å². The fraction of sp³-hybridized carbons (Fsp3) is 0.231. The molecule has 100 valence electrons. The van der Waals surface area contributed by atoms with Gasteiger partial charge in [-0.25, -0.2) is 9.97 Å². The number of benzene rings is 1. The van der Waals surface area contributed by atoms with Gasteiger partial charge < -0.3 is 15.2 Å². The lowest BCUT2D eigenvalue weighted by Gasteiger charge is -2.06. The Hall–Kier alpha value is -1.50. The Morgan fingerprint density at radius 3 is 2.47 bits per heavy atom. The van der Waals surface area contributed by atoms with Gasteiger partial charge in [-0.05, 0) is 33.6 Å². The van der Waals surface area contributed by atoms with Crippen molar-refractivity contribution in [3.05, 3.63) is 46.7 Å². The van der Waals surface area contributed by atoms with Crippen molar-refractivity contribution >= 4 is 27.6 Å². The maximum atomic E-state index is 8.62. The number of ether oxygens (including phenoxy) is 1. The van der Waals surface area contributed by atoms with Crippen molar-refractivity contribution in [3.8, 4) is 0 Å². The molecule has 0 aliphatic heterocycles. The van der Waals surface area contributed by atoms with Gasteiger partial charge in [0.25, 0.3) is 0 Å². The summed E-state index contributed by atoms with van der Waals surface area (Å²) in [6.07, 6.45) is 3.37. The van der Waals surface area contributed by atoms with E-state index in [-0.39, 0.29) is 6.61 Å². The standard InChI is InChI=1S/C13H14BrN3O2/c14-11-7-15-13(16-8-11)17-12-3-1-10(2-4-12)9-19-6-5-18/h1-4,7-8,18H,5-6,9H2,(H,15,16,17). The molecule has 2 aromatic rings. The number of nitrogens with one attached hydrogen (secondary N) is 1. The molecule has 0 fully saturated rings. The Morgan fingerprint density at radius 2 is 1.84 bits per heavy atom. The van der Waals surface area contributed by atoms with Crippen LogP contribution in [-0.2, 0) is 11.3 Å². The minimum atomic E-state index is 0.0422. The lowest BCUT2D eigenvalue weighted by atomic mass is 10.2. The van der Waals surface area contributed by atoms with Crippen molar-refractivity contribution in [2.45, 2.75) is 6.61 Å². The van der Waals surface area contributed by atoms with Gasteiger partial charge in [0.05, 0.1) is 24.3 Å². The van der Waals surface area contributed by atoms with E-state index < -0.39 is 0 Å². The SMILES string of the molecule is OCCOCc1ccc(Nc2ncc(Br)cn2)cc1. The zero-order valence-electron chi connectivity index (χ0n) is 10.2. The van der Waals surface area contributed by atoms with Gasteiger partial charge in [-0.3, -0.25) is 0 Å². The summed E-state index contributed by atoms with van der Waals surface area (Å²) in [7, 11) is 0. The Morgan fingerprint density at radius 1 is 1.16 bits per heavy atom. The van der Waals surface area contributed by atoms with Crippen molar-refractivity contribution in [1.29, 1.82) is 0 Å². The van der Waals surface area contributed by atoms with Crippen LogP contribution in [0.1, 0.15) is 5.56 Å². The van der Waals surface area contributed by atoms with E-state index in [2.05, 4.69) is 31.2 Å².